The Bertz CT molecular complexity index is 665. The molecule has 0 heterocycles. The second-order valence-corrected chi connectivity index (χ2v) is 16.3. The summed E-state index contributed by atoms with van der Waals surface area (Å²) in [6.45, 7) is 18.9. The van der Waals surface area contributed by atoms with Gasteiger partial charge in [-0.15, -0.1) is 4.72 Å². The van der Waals surface area contributed by atoms with Gasteiger partial charge >= 0.3 is 5.97 Å². The zero-order valence-electron chi connectivity index (χ0n) is 18.1. The monoisotopic (exact) mass is 413 g/mol. The van der Waals surface area contributed by atoms with Gasteiger partial charge in [-0.05, 0) is 69.1 Å². The van der Waals surface area contributed by atoms with Crippen LogP contribution in [-0.4, -0.2) is 35.3 Å². The SMILES string of the molecule is Cc1cc(C(=O)O)ccc1C(CO[Si](C)(C)C(C)(C)C)N[S@@+]([O-])C(C)(C)C. The number of rotatable bonds is 7. The first-order valence-electron chi connectivity index (χ1n) is 9.22. The highest BCUT2D eigenvalue weighted by Crippen LogP contribution is 2.37. The average Bonchev–Trinajstić information content (AvgIpc) is 2.49. The molecule has 0 aliphatic carbocycles. The van der Waals surface area contributed by atoms with E-state index in [0.29, 0.717) is 6.61 Å². The largest absolute Gasteiger partial charge is 0.598 e. The maximum atomic E-state index is 12.7. The van der Waals surface area contributed by atoms with Crippen LogP contribution in [0.2, 0.25) is 18.1 Å². The molecular weight excluding hydrogens is 378 g/mol. The van der Waals surface area contributed by atoms with Crippen molar-refractivity contribution in [2.24, 2.45) is 0 Å². The van der Waals surface area contributed by atoms with Crippen LogP contribution in [0.3, 0.4) is 0 Å². The predicted molar refractivity (Wildman–Crippen MR) is 115 cm³/mol. The van der Waals surface area contributed by atoms with Crippen LogP contribution in [0.15, 0.2) is 18.2 Å². The van der Waals surface area contributed by atoms with E-state index in [1.54, 1.807) is 18.2 Å². The van der Waals surface area contributed by atoms with E-state index >= 15 is 0 Å². The number of carboxylic acid groups (broad SMARTS) is 1. The van der Waals surface area contributed by atoms with Gasteiger partial charge in [-0.3, -0.25) is 0 Å². The Balaban J connectivity index is 3.17. The van der Waals surface area contributed by atoms with E-state index in [-0.39, 0.29) is 16.6 Å². The number of carboxylic acids is 1. The van der Waals surface area contributed by atoms with Gasteiger partial charge in [-0.25, -0.2) is 4.79 Å². The summed E-state index contributed by atoms with van der Waals surface area (Å²) in [4.78, 5) is 11.2. The summed E-state index contributed by atoms with van der Waals surface area (Å²) in [5.74, 6) is -0.954. The number of carbonyl (C=O) groups is 1. The van der Waals surface area contributed by atoms with Gasteiger partial charge in [0.1, 0.15) is 4.75 Å². The van der Waals surface area contributed by atoms with Crippen LogP contribution in [0.25, 0.3) is 0 Å². The summed E-state index contributed by atoms with van der Waals surface area (Å²) in [6, 6.07) is 4.76. The maximum Gasteiger partial charge on any atom is 0.335 e. The van der Waals surface area contributed by atoms with Gasteiger partial charge in [0.25, 0.3) is 0 Å². The molecule has 0 radical (unpaired) electrons. The first-order valence-corrected chi connectivity index (χ1v) is 13.3. The summed E-state index contributed by atoms with van der Waals surface area (Å²) in [5.41, 5.74) is 2.01. The first-order chi connectivity index (χ1) is 12.1. The molecule has 0 aromatic heterocycles. The minimum Gasteiger partial charge on any atom is -0.598 e. The van der Waals surface area contributed by atoms with E-state index in [1.807, 2.05) is 27.7 Å². The highest BCUT2D eigenvalue weighted by atomic mass is 32.2. The molecule has 0 fully saturated rings. The first kappa shape index (κ1) is 24.2. The second-order valence-electron chi connectivity index (χ2n) is 9.50. The molecule has 0 amide bonds. The van der Waals surface area contributed by atoms with Gasteiger partial charge in [0.05, 0.1) is 18.2 Å². The van der Waals surface area contributed by atoms with Crippen LogP contribution in [0.4, 0.5) is 0 Å². The van der Waals surface area contributed by atoms with Crippen molar-refractivity contribution < 1.29 is 18.9 Å². The number of benzene rings is 1. The molecule has 0 bridgehead atoms. The Labute approximate surface area is 168 Å². The highest BCUT2D eigenvalue weighted by molar-refractivity contribution is 7.90. The van der Waals surface area contributed by atoms with Crippen LogP contribution in [0.1, 0.15) is 69.1 Å². The quantitative estimate of drug-likeness (QED) is 0.495. The Kier molecular flexibility index (Phi) is 7.75. The second kappa shape index (κ2) is 8.65. The van der Waals surface area contributed by atoms with Gasteiger partial charge in [0.15, 0.2) is 8.32 Å². The standard InChI is InChI=1S/C20H35NO4SSi/c1-14-12-15(18(22)23)10-11-16(14)17(21-26(24)19(2,3)4)13-25-27(8,9)20(5,6)7/h10-12,17,21H,13H2,1-9H3,(H,22,23)/t17?,26-/m0/s1. The van der Waals surface area contributed by atoms with Gasteiger partial charge < -0.3 is 14.1 Å². The van der Waals surface area contributed by atoms with E-state index in [4.69, 9.17) is 4.43 Å². The third kappa shape index (κ3) is 6.60. The molecule has 2 atom stereocenters. The van der Waals surface area contributed by atoms with Crippen molar-refractivity contribution in [2.45, 2.75) is 77.4 Å². The Morgan fingerprint density at radius 1 is 1.26 bits per heavy atom. The minimum absolute atomic E-state index is 0.0724. The molecule has 0 saturated carbocycles. The molecule has 27 heavy (non-hydrogen) atoms. The van der Waals surface area contributed by atoms with Crippen LogP contribution in [0, 0.1) is 6.92 Å². The molecule has 0 aliphatic rings. The topological polar surface area (TPSA) is 81.6 Å². The minimum atomic E-state index is -1.98. The molecule has 0 saturated heterocycles. The molecule has 1 rings (SSSR count). The summed E-state index contributed by atoms with van der Waals surface area (Å²) in [5, 5.41) is 9.28. The number of aryl methyl sites for hydroxylation is 1. The summed E-state index contributed by atoms with van der Waals surface area (Å²) >= 11 is -1.27. The average molecular weight is 414 g/mol. The van der Waals surface area contributed by atoms with Crippen molar-refractivity contribution in [3.8, 4) is 0 Å². The van der Waals surface area contributed by atoms with Crippen LogP contribution in [0.5, 0.6) is 0 Å². The van der Waals surface area contributed by atoms with Crippen LogP contribution < -0.4 is 4.72 Å². The van der Waals surface area contributed by atoms with Crippen molar-refractivity contribution in [3.63, 3.8) is 0 Å². The van der Waals surface area contributed by atoms with E-state index < -0.39 is 30.4 Å². The lowest BCUT2D eigenvalue weighted by atomic mass is 10.00. The van der Waals surface area contributed by atoms with E-state index in [0.717, 1.165) is 11.1 Å². The molecule has 1 aromatic carbocycles. The van der Waals surface area contributed by atoms with Crippen molar-refractivity contribution in [2.75, 3.05) is 6.61 Å². The van der Waals surface area contributed by atoms with E-state index in [2.05, 4.69) is 38.6 Å². The Morgan fingerprint density at radius 2 is 1.81 bits per heavy atom. The summed E-state index contributed by atoms with van der Waals surface area (Å²) in [6.07, 6.45) is 0. The van der Waals surface area contributed by atoms with Gasteiger partial charge in [0.2, 0.25) is 0 Å². The molecular formula is C20H35NO4SSi. The fourth-order valence-corrected chi connectivity index (χ4v) is 4.02. The number of aromatic carboxylic acids is 1. The Hall–Kier alpha value is -0.863. The van der Waals surface area contributed by atoms with Crippen molar-refractivity contribution in [1.29, 1.82) is 0 Å². The fourth-order valence-electron chi connectivity index (χ4n) is 2.20. The van der Waals surface area contributed by atoms with E-state index in [1.165, 1.54) is 0 Å². The summed E-state index contributed by atoms with van der Waals surface area (Å²) in [7, 11) is -1.98. The maximum absolute atomic E-state index is 12.7. The number of nitrogens with one attached hydrogen (secondary N) is 1. The summed E-state index contributed by atoms with van der Waals surface area (Å²) < 4.78 is 21.9. The molecule has 1 unspecified atom stereocenters. The van der Waals surface area contributed by atoms with Gasteiger partial charge in [0, 0.05) is 11.4 Å². The number of hydrogen-bond acceptors (Lipinski definition) is 4. The third-order valence-corrected chi connectivity index (χ3v) is 11.2. The third-order valence-electron chi connectivity index (χ3n) is 5.11. The Morgan fingerprint density at radius 3 is 2.22 bits per heavy atom. The van der Waals surface area contributed by atoms with Crippen molar-refractivity contribution in [1.82, 2.24) is 4.72 Å². The molecule has 5 nitrogen and oxygen atoms in total. The zero-order valence-corrected chi connectivity index (χ0v) is 19.9. The van der Waals surface area contributed by atoms with Crippen molar-refractivity contribution in [3.05, 3.63) is 34.9 Å². The lowest BCUT2D eigenvalue weighted by Crippen LogP contribution is -2.46. The molecule has 7 heteroatoms. The molecule has 0 aliphatic heterocycles. The normalized spacial score (nSPS) is 15.5. The highest BCUT2D eigenvalue weighted by Gasteiger charge is 2.39. The predicted octanol–water partition coefficient (Wildman–Crippen LogP) is 4.81. The van der Waals surface area contributed by atoms with Crippen molar-refractivity contribution >= 4 is 25.6 Å². The van der Waals surface area contributed by atoms with E-state index in [9.17, 15) is 14.5 Å². The smallest absolute Gasteiger partial charge is 0.335 e. The molecule has 2 N–H and O–H groups in total. The molecule has 0 spiro atoms. The number of hydrogen-bond donors (Lipinski definition) is 2. The zero-order chi connectivity index (χ0) is 21.2. The molecule has 1 aromatic rings. The van der Waals surface area contributed by atoms with Crippen LogP contribution >= 0.6 is 0 Å². The van der Waals surface area contributed by atoms with Gasteiger partial charge in [-0.2, -0.15) is 0 Å². The fraction of sp³-hybridized carbons (Fsp3) is 0.650. The lowest BCUT2D eigenvalue weighted by Gasteiger charge is -2.38. The molecule has 154 valence electrons. The van der Waals surface area contributed by atoms with Gasteiger partial charge in [-0.1, -0.05) is 26.8 Å². The lowest BCUT2D eigenvalue weighted by molar-refractivity contribution is 0.0696. The van der Waals surface area contributed by atoms with Crippen LogP contribution in [-0.2, 0) is 15.8 Å².